The largest absolute Gasteiger partial charge is 0.379 e. The van der Waals surface area contributed by atoms with Crippen LogP contribution in [0.1, 0.15) is 39.0 Å². The highest BCUT2D eigenvalue weighted by molar-refractivity contribution is 6.30. The molecule has 166 valence electrons. The van der Waals surface area contributed by atoms with Gasteiger partial charge in [0.15, 0.2) is 0 Å². The zero-order valence-corrected chi connectivity index (χ0v) is 18.7. The number of ether oxygens (including phenoxy) is 1. The van der Waals surface area contributed by atoms with E-state index in [2.05, 4.69) is 16.3 Å². The summed E-state index contributed by atoms with van der Waals surface area (Å²) >= 11 is 5.93. The molecule has 0 radical (unpaired) electrons. The van der Waals surface area contributed by atoms with Gasteiger partial charge in [0.2, 0.25) is 0 Å². The lowest BCUT2D eigenvalue weighted by Gasteiger charge is -2.27. The molecule has 0 saturated carbocycles. The van der Waals surface area contributed by atoms with Crippen LogP contribution in [0.4, 0.5) is 0 Å². The third-order valence-corrected chi connectivity index (χ3v) is 6.54. The fourth-order valence-corrected chi connectivity index (χ4v) is 4.79. The monoisotopic (exact) mass is 451 g/mol. The minimum Gasteiger partial charge on any atom is -0.379 e. The Morgan fingerprint density at radius 3 is 2.50 bits per heavy atom. The lowest BCUT2D eigenvalue weighted by molar-refractivity contribution is 0.0341. The smallest absolute Gasteiger partial charge is 0.267 e. The Kier molecular flexibility index (Phi) is 6.00. The number of hydrogen-bond acceptors (Lipinski definition) is 4. The van der Waals surface area contributed by atoms with Gasteiger partial charge in [0.1, 0.15) is 5.56 Å². The average molecular weight is 452 g/mol. The predicted molar refractivity (Wildman–Crippen MR) is 124 cm³/mol. The zero-order chi connectivity index (χ0) is 22.1. The summed E-state index contributed by atoms with van der Waals surface area (Å²) in [4.78, 5) is 28.7. The number of aryl methyl sites for hydroxylation is 2. The van der Waals surface area contributed by atoms with Gasteiger partial charge >= 0.3 is 0 Å². The van der Waals surface area contributed by atoms with E-state index >= 15 is 0 Å². The molecule has 0 bridgehead atoms. The van der Waals surface area contributed by atoms with Crippen LogP contribution >= 0.6 is 11.6 Å². The lowest BCUT2D eigenvalue weighted by atomic mass is 9.92. The summed E-state index contributed by atoms with van der Waals surface area (Å²) in [5, 5.41) is 3.54. The Labute approximate surface area is 191 Å². The third kappa shape index (κ3) is 4.31. The summed E-state index contributed by atoms with van der Waals surface area (Å²) in [6.45, 7) is 4.38. The maximum Gasteiger partial charge on any atom is 0.267 e. The normalized spacial score (nSPS) is 16.3. The van der Waals surface area contributed by atoms with Crippen LogP contribution in [0, 0.1) is 0 Å². The van der Waals surface area contributed by atoms with Crippen molar-refractivity contribution in [2.45, 2.75) is 32.4 Å². The SMILES string of the molecule is O=C(NCc1ccc(Cl)cc1)c1cc2c3c(cc(CN4CCOCC4)cn3c1=O)CCC2. The number of rotatable bonds is 5. The van der Waals surface area contributed by atoms with Crippen LogP contribution in [0.3, 0.4) is 0 Å². The zero-order valence-electron chi connectivity index (χ0n) is 17.9. The molecule has 1 aliphatic carbocycles. The van der Waals surface area contributed by atoms with Gasteiger partial charge in [-0.1, -0.05) is 29.8 Å². The Morgan fingerprint density at radius 2 is 1.75 bits per heavy atom. The van der Waals surface area contributed by atoms with E-state index in [1.54, 1.807) is 22.6 Å². The van der Waals surface area contributed by atoms with Crippen molar-refractivity contribution in [3.8, 4) is 0 Å². The van der Waals surface area contributed by atoms with Gasteiger partial charge in [-0.3, -0.25) is 18.9 Å². The highest BCUT2D eigenvalue weighted by atomic mass is 35.5. The molecule has 2 aromatic heterocycles. The Morgan fingerprint density at radius 1 is 1.03 bits per heavy atom. The summed E-state index contributed by atoms with van der Waals surface area (Å²) in [5.41, 5.74) is 5.21. The molecule has 1 N–H and O–H groups in total. The first kappa shape index (κ1) is 21.2. The van der Waals surface area contributed by atoms with Gasteiger partial charge in [-0.15, -0.1) is 0 Å². The number of carbonyl (C=O) groups is 1. The summed E-state index contributed by atoms with van der Waals surface area (Å²) in [6.07, 6.45) is 4.77. The quantitative estimate of drug-likeness (QED) is 0.647. The summed E-state index contributed by atoms with van der Waals surface area (Å²) in [5.74, 6) is -0.346. The molecule has 3 heterocycles. The molecule has 1 fully saturated rings. The van der Waals surface area contributed by atoms with Crippen molar-refractivity contribution < 1.29 is 9.53 Å². The molecular formula is C25H26ClN3O3. The highest BCUT2D eigenvalue weighted by Gasteiger charge is 2.21. The van der Waals surface area contributed by atoms with E-state index in [9.17, 15) is 9.59 Å². The molecule has 3 aromatic rings. The number of pyridine rings is 2. The Balaban J connectivity index is 1.47. The Bertz CT molecular complexity index is 1210. The fourth-order valence-electron chi connectivity index (χ4n) is 4.67. The van der Waals surface area contributed by atoms with E-state index in [1.807, 2.05) is 18.3 Å². The first-order valence-electron chi connectivity index (χ1n) is 11.1. The van der Waals surface area contributed by atoms with Crippen LogP contribution in [0.2, 0.25) is 5.02 Å². The molecule has 32 heavy (non-hydrogen) atoms. The predicted octanol–water partition coefficient (Wildman–Crippen LogP) is 3.20. The molecule has 1 aliphatic heterocycles. The molecule has 7 heteroatoms. The number of nitrogens with zero attached hydrogens (tertiary/aromatic N) is 2. The van der Waals surface area contributed by atoms with E-state index in [1.165, 1.54) is 5.56 Å². The van der Waals surface area contributed by atoms with Crippen molar-refractivity contribution >= 4 is 23.0 Å². The van der Waals surface area contributed by atoms with Crippen molar-refractivity contribution in [1.29, 1.82) is 0 Å². The van der Waals surface area contributed by atoms with Crippen LogP contribution < -0.4 is 10.9 Å². The van der Waals surface area contributed by atoms with E-state index in [0.717, 1.165) is 74.3 Å². The summed E-state index contributed by atoms with van der Waals surface area (Å²) in [6, 6.07) is 11.3. The van der Waals surface area contributed by atoms with Crippen LogP contribution in [0.25, 0.3) is 5.52 Å². The molecule has 2 aliphatic rings. The fraction of sp³-hybridized carbons (Fsp3) is 0.360. The third-order valence-electron chi connectivity index (χ3n) is 6.28. The number of amides is 1. The minimum atomic E-state index is -0.346. The van der Waals surface area contributed by atoms with Gasteiger partial charge in [0.05, 0.1) is 18.7 Å². The van der Waals surface area contributed by atoms with Gasteiger partial charge < -0.3 is 10.1 Å². The van der Waals surface area contributed by atoms with Crippen molar-refractivity contribution in [3.05, 3.63) is 85.8 Å². The summed E-state index contributed by atoms with van der Waals surface area (Å²) < 4.78 is 7.16. The van der Waals surface area contributed by atoms with E-state index in [0.29, 0.717) is 11.6 Å². The van der Waals surface area contributed by atoms with E-state index in [4.69, 9.17) is 16.3 Å². The van der Waals surface area contributed by atoms with Crippen LogP contribution in [0.5, 0.6) is 0 Å². The standard InChI is InChI=1S/C25H26ClN3O3/c26-21-6-4-17(5-7-21)14-27-24(30)22-13-20-3-1-2-19-12-18(15-28-8-10-32-11-9-28)16-29(23(19)20)25(22)31/h4-7,12-13,16H,1-3,8-11,14-15H2,(H,27,30). The molecule has 5 rings (SSSR count). The van der Waals surface area contributed by atoms with Crippen LogP contribution in [-0.2, 0) is 30.7 Å². The number of halogens is 1. The molecule has 1 aromatic carbocycles. The second-order valence-corrected chi connectivity index (χ2v) is 8.97. The van der Waals surface area contributed by atoms with Gasteiger partial charge in [-0.05, 0) is 59.7 Å². The molecule has 0 atom stereocenters. The van der Waals surface area contributed by atoms with Crippen LogP contribution in [0.15, 0.2) is 47.4 Å². The molecule has 6 nitrogen and oxygen atoms in total. The summed E-state index contributed by atoms with van der Waals surface area (Å²) in [7, 11) is 0. The van der Waals surface area contributed by atoms with Gasteiger partial charge in [-0.2, -0.15) is 0 Å². The van der Waals surface area contributed by atoms with Crippen molar-refractivity contribution in [1.82, 2.24) is 14.6 Å². The number of benzene rings is 1. The van der Waals surface area contributed by atoms with Gasteiger partial charge in [0, 0.05) is 37.4 Å². The number of aromatic nitrogens is 1. The Hall–Kier alpha value is -2.67. The maximum absolute atomic E-state index is 13.4. The maximum atomic E-state index is 13.4. The van der Waals surface area contributed by atoms with Crippen molar-refractivity contribution in [3.63, 3.8) is 0 Å². The molecule has 1 saturated heterocycles. The van der Waals surface area contributed by atoms with Gasteiger partial charge in [-0.25, -0.2) is 0 Å². The number of nitrogens with one attached hydrogen (secondary N) is 1. The van der Waals surface area contributed by atoms with Crippen molar-refractivity contribution in [2.24, 2.45) is 0 Å². The average Bonchev–Trinajstić information content (AvgIpc) is 2.81. The molecule has 0 spiro atoms. The van der Waals surface area contributed by atoms with E-state index < -0.39 is 0 Å². The first-order valence-corrected chi connectivity index (χ1v) is 11.5. The lowest BCUT2D eigenvalue weighted by Crippen LogP contribution is -2.36. The minimum absolute atomic E-state index is 0.197. The molecular weight excluding hydrogens is 426 g/mol. The number of carbonyl (C=O) groups excluding carboxylic acids is 1. The van der Waals surface area contributed by atoms with Crippen LogP contribution in [-0.4, -0.2) is 41.5 Å². The second-order valence-electron chi connectivity index (χ2n) is 8.53. The van der Waals surface area contributed by atoms with E-state index in [-0.39, 0.29) is 17.0 Å². The second kappa shape index (κ2) is 9.06. The molecule has 0 unspecified atom stereocenters. The number of morpholine rings is 1. The van der Waals surface area contributed by atoms with Gasteiger partial charge in [0.25, 0.3) is 11.5 Å². The molecule has 1 amide bonds. The number of hydrogen-bond donors (Lipinski definition) is 1. The topological polar surface area (TPSA) is 63.1 Å². The van der Waals surface area contributed by atoms with Crippen molar-refractivity contribution in [2.75, 3.05) is 26.3 Å². The highest BCUT2D eigenvalue weighted by Crippen LogP contribution is 2.26. The first-order chi connectivity index (χ1) is 15.6.